The third kappa shape index (κ3) is 11.4. The van der Waals surface area contributed by atoms with Crippen molar-refractivity contribution in [2.24, 2.45) is 0 Å². The summed E-state index contributed by atoms with van der Waals surface area (Å²) >= 11 is 0. The van der Waals surface area contributed by atoms with Gasteiger partial charge in [0.1, 0.15) is 0 Å². The summed E-state index contributed by atoms with van der Waals surface area (Å²) in [7, 11) is 0. The van der Waals surface area contributed by atoms with Gasteiger partial charge in [0.25, 0.3) is 0 Å². The van der Waals surface area contributed by atoms with Crippen LogP contribution in [0.15, 0.2) is 24.6 Å². The fraction of sp³-hybridized carbons (Fsp3) is 0.667. The highest BCUT2D eigenvalue weighted by Gasteiger charge is 2.05. The van der Waals surface area contributed by atoms with Crippen LogP contribution in [0.2, 0.25) is 0 Å². The number of carbonyl (C=O) groups excluding carboxylic acids is 1. The van der Waals surface area contributed by atoms with Crippen LogP contribution < -0.4 is 0 Å². The zero-order chi connectivity index (χ0) is 13.6. The highest BCUT2D eigenvalue weighted by molar-refractivity contribution is 5.85. The first-order valence-corrected chi connectivity index (χ1v) is 6.85. The van der Waals surface area contributed by atoms with Gasteiger partial charge in [-0.1, -0.05) is 51.3 Å². The number of rotatable bonds is 11. The molecule has 0 aromatic rings. The Bertz CT molecular complexity index is 259. The molecule has 0 N–H and O–H groups in total. The van der Waals surface area contributed by atoms with E-state index in [1.165, 1.54) is 19.3 Å². The standard InChI is InChI=1S/C15H25FO2/c1-3-4-5-6-7-8-9-10-11-12-13-18-15(17)14(2)16/h6-7H,2-5,8-13H2,1H3/b7-6-. The summed E-state index contributed by atoms with van der Waals surface area (Å²) in [6.07, 6.45) is 13.4. The van der Waals surface area contributed by atoms with Gasteiger partial charge in [0.05, 0.1) is 6.61 Å². The molecule has 3 heteroatoms. The lowest BCUT2D eigenvalue weighted by Gasteiger charge is -2.02. The predicted molar refractivity (Wildman–Crippen MR) is 73.0 cm³/mol. The molecule has 0 rings (SSSR count). The Hall–Kier alpha value is -1.12. The summed E-state index contributed by atoms with van der Waals surface area (Å²) in [4.78, 5) is 10.7. The smallest absolute Gasteiger partial charge is 0.366 e. The molecule has 0 spiro atoms. The number of ether oxygens (including phenoxy) is 1. The number of carbonyl (C=O) groups is 1. The fourth-order valence-corrected chi connectivity index (χ4v) is 1.52. The minimum absolute atomic E-state index is 0.286. The SMILES string of the molecule is C=C(F)C(=O)OCCCCCC/C=C\CCCC. The molecule has 0 amide bonds. The van der Waals surface area contributed by atoms with Crippen LogP contribution in [-0.2, 0) is 9.53 Å². The van der Waals surface area contributed by atoms with Gasteiger partial charge in [-0.3, -0.25) is 0 Å². The minimum Gasteiger partial charge on any atom is -0.460 e. The Labute approximate surface area is 110 Å². The van der Waals surface area contributed by atoms with E-state index < -0.39 is 11.8 Å². The van der Waals surface area contributed by atoms with Crippen LogP contribution in [0.25, 0.3) is 0 Å². The van der Waals surface area contributed by atoms with E-state index in [4.69, 9.17) is 0 Å². The van der Waals surface area contributed by atoms with Gasteiger partial charge in [0.15, 0.2) is 0 Å². The Morgan fingerprint density at radius 3 is 2.33 bits per heavy atom. The first-order chi connectivity index (χ1) is 8.68. The van der Waals surface area contributed by atoms with Gasteiger partial charge >= 0.3 is 5.97 Å². The van der Waals surface area contributed by atoms with Crippen molar-refractivity contribution >= 4 is 5.97 Å². The minimum atomic E-state index is -1.02. The Kier molecular flexibility index (Phi) is 11.6. The van der Waals surface area contributed by atoms with Crippen molar-refractivity contribution in [3.63, 3.8) is 0 Å². The van der Waals surface area contributed by atoms with Gasteiger partial charge in [-0.25, -0.2) is 4.79 Å². The number of esters is 1. The molecule has 0 atom stereocenters. The van der Waals surface area contributed by atoms with Gasteiger partial charge in [-0.2, -0.15) is 4.39 Å². The van der Waals surface area contributed by atoms with Gasteiger partial charge in [0, 0.05) is 0 Å². The fourth-order valence-electron chi connectivity index (χ4n) is 1.52. The maximum atomic E-state index is 12.2. The van der Waals surface area contributed by atoms with Crippen molar-refractivity contribution in [3.8, 4) is 0 Å². The first kappa shape index (κ1) is 16.9. The highest BCUT2D eigenvalue weighted by atomic mass is 19.1. The second kappa shape index (κ2) is 12.3. The molecule has 18 heavy (non-hydrogen) atoms. The molecule has 0 aromatic heterocycles. The number of hydrogen-bond donors (Lipinski definition) is 0. The van der Waals surface area contributed by atoms with Gasteiger partial charge in [-0.05, 0) is 25.7 Å². The summed E-state index contributed by atoms with van der Waals surface area (Å²) in [5, 5.41) is 0. The molecule has 0 aliphatic carbocycles. The van der Waals surface area contributed by atoms with Crippen LogP contribution in [0.1, 0.15) is 58.3 Å². The van der Waals surface area contributed by atoms with Crippen LogP contribution in [-0.4, -0.2) is 12.6 Å². The molecule has 0 saturated heterocycles. The van der Waals surface area contributed by atoms with E-state index in [1.54, 1.807) is 0 Å². The van der Waals surface area contributed by atoms with Crippen molar-refractivity contribution < 1.29 is 13.9 Å². The largest absolute Gasteiger partial charge is 0.460 e. The molecule has 104 valence electrons. The normalized spacial score (nSPS) is 10.8. The van der Waals surface area contributed by atoms with E-state index in [1.807, 2.05) is 0 Å². The van der Waals surface area contributed by atoms with Crippen LogP contribution in [0.5, 0.6) is 0 Å². The second-order valence-electron chi connectivity index (χ2n) is 4.36. The number of halogens is 1. The third-order valence-electron chi connectivity index (χ3n) is 2.61. The molecular formula is C15H25FO2. The number of hydrogen-bond acceptors (Lipinski definition) is 2. The Morgan fingerprint density at radius 2 is 1.72 bits per heavy atom. The van der Waals surface area contributed by atoms with Gasteiger partial charge < -0.3 is 4.74 Å². The molecular weight excluding hydrogens is 231 g/mol. The lowest BCUT2D eigenvalue weighted by Crippen LogP contribution is -2.05. The Balaban J connectivity index is 3.19. The van der Waals surface area contributed by atoms with E-state index >= 15 is 0 Å². The number of unbranched alkanes of at least 4 members (excludes halogenated alkanes) is 6. The first-order valence-electron chi connectivity index (χ1n) is 6.85. The van der Waals surface area contributed by atoms with E-state index in [2.05, 4.69) is 30.4 Å². The molecule has 0 heterocycles. The lowest BCUT2D eigenvalue weighted by molar-refractivity contribution is -0.140. The summed E-state index contributed by atoms with van der Waals surface area (Å²) < 4.78 is 16.9. The van der Waals surface area contributed by atoms with Gasteiger partial charge in [0.2, 0.25) is 5.83 Å². The molecule has 0 radical (unpaired) electrons. The second-order valence-corrected chi connectivity index (χ2v) is 4.36. The number of allylic oxidation sites excluding steroid dienone is 2. The quantitative estimate of drug-likeness (QED) is 0.231. The van der Waals surface area contributed by atoms with Crippen molar-refractivity contribution in [1.29, 1.82) is 0 Å². The highest BCUT2D eigenvalue weighted by Crippen LogP contribution is 2.06. The maximum absolute atomic E-state index is 12.2. The molecule has 0 bridgehead atoms. The maximum Gasteiger partial charge on any atom is 0.366 e. The molecule has 0 saturated carbocycles. The predicted octanol–water partition coefficient (Wildman–Crippen LogP) is 4.71. The van der Waals surface area contributed by atoms with Crippen LogP contribution in [0, 0.1) is 0 Å². The van der Waals surface area contributed by atoms with E-state index in [0.29, 0.717) is 0 Å². The van der Waals surface area contributed by atoms with Crippen molar-refractivity contribution in [2.45, 2.75) is 58.3 Å². The summed E-state index contributed by atoms with van der Waals surface area (Å²) in [6.45, 7) is 5.36. The molecule has 0 unspecified atom stereocenters. The molecule has 0 aliphatic heterocycles. The average molecular weight is 256 g/mol. The lowest BCUT2D eigenvalue weighted by atomic mass is 10.1. The zero-order valence-electron chi connectivity index (χ0n) is 11.4. The summed E-state index contributed by atoms with van der Waals surface area (Å²) in [6, 6.07) is 0. The topological polar surface area (TPSA) is 26.3 Å². The van der Waals surface area contributed by atoms with Crippen LogP contribution in [0.4, 0.5) is 4.39 Å². The summed E-state index contributed by atoms with van der Waals surface area (Å²) in [5.74, 6) is -1.96. The van der Waals surface area contributed by atoms with Crippen molar-refractivity contribution in [2.75, 3.05) is 6.61 Å². The van der Waals surface area contributed by atoms with Crippen LogP contribution >= 0.6 is 0 Å². The Morgan fingerprint density at radius 1 is 1.11 bits per heavy atom. The van der Waals surface area contributed by atoms with E-state index in [9.17, 15) is 9.18 Å². The van der Waals surface area contributed by atoms with Crippen LogP contribution in [0.3, 0.4) is 0 Å². The summed E-state index contributed by atoms with van der Waals surface area (Å²) in [5.41, 5.74) is 0. The molecule has 0 aliphatic rings. The van der Waals surface area contributed by atoms with E-state index in [0.717, 1.165) is 32.1 Å². The average Bonchev–Trinajstić information content (AvgIpc) is 2.35. The third-order valence-corrected chi connectivity index (χ3v) is 2.61. The van der Waals surface area contributed by atoms with Crippen molar-refractivity contribution in [3.05, 3.63) is 24.6 Å². The molecule has 0 aromatic carbocycles. The molecule has 2 nitrogen and oxygen atoms in total. The van der Waals surface area contributed by atoms with E-state index in [-0.39, 0.29) is 6.61 Å². The van der Waals surface area contributed by atoms with Gasteiger partial charge in [-0.15, -0.1) is 0 Å². The molecule has 0 fully saturated rings. The van der Waals surface area contributed by atoms with Crippen molar-refractivity contribution in [1.82, 2.24) is 0 Å². The zero-order valence-corrected chi connectivity index (χ0v) is 11.4. The monoisotopic (exact) mass is 256 g/mol.